The minimum absolute atomic E-state index is 0.0423. The highest BCUT2D eigenvalue weighted by molar-refractivity contribution is 7.98. The molecule has 0 saturated heterocycles. The summed E-state index contributed by atoms with van der Waals surface area (Å²) >= 11 is 1.67. The molecule has 0 spiro atoms. The van der Waals surface area contributed by atoms with Crippen LogP contribution < -0.4 is 5.32 Å². The van der Waals surface area contributed by atoms with Gasteiger partial charge in [0.05, 0.1) is 6.04 Å². The molecule has 4 nitrogen and oxygen atoms in total. The van der Waals surface area contributed by atoms with E-state index in [0.717, 1.165) is 11.6 Å². The van der Waals surface area contributed by atoms with E-state index in [1.54, 1.807) is 24.2 Å². The van der Waals surface area contributed by atoms with Crippen LogP contribution in [0.4, 0.5) is 0 Å². The van der Waals surface area contributed by atoms with Gasteiger partial charge < -0.3 is 10.3 Å². The zero-order valence-electron chi connectivity index (χ0n) is 8.41. The van der Waals surface area contributed by atoms with Crippen molar-refractivity contribution in [1.82, 2.24) is 15.3 Å². The molecule has 2 N–H and O–H groups in total. The number of aromatic nitrogens is 2. The number of imidazole rings is 1. The van der Waals surface area contributed by atoms with Gasteiger partial charge in [-0.3, -0.25) is 4.79 Å². The normalized spacial score (nSPS) is 12.4. The third kappa shape index (κ3) is 3.41. The van der Waals surface area contributed by atoms with Gasteiger partial charge >= 0.3 is 0 Å². The molecule has 0 fully saturated rings. The SMILES string of the molecule is CSCCC(=O)NC(C)c1ncc[nH]1. The molecule has 1 rings (SSSR count). The number of hydrogen-bond acceptors (Lipinski definition) is 3. The van der Waals surface area contributed by atoms with E-state index in [4.69, 9.17) is 0 Å². The van der Waals surface area contributed by atoms with Gasteiger partial charge in [-0.2, -0.15) is 11.8 Å². The van der Waals surface area contributed by atoms with E-state index < -0.39 is 0 Å². The highest BCUT2D eigenvalue weighted by Crippen LogP contribution is 2.05. The molecule has 1 atom stereocenters. The molecule has 78 valence electrons. The molecule has 0 aliphatic heterocycles. The van der Waals surface area contributed by atoms with Gasteiger partial charge in [-0.05, 0) is 13.2 Å². The van der Waals surface area contributed by atoms with Gasteiger partial charge in [0.15, 0.2) is 0 Å². The molecule has 0 aromatic carbocycles. The van der Waals surface area contributed by atoms with E-state index in [1.165, 1.54) is 0 Å². The topological polar surface area (TPSA) is 57.8 Å². The number of hydrogen-bond donors (Lipinski definition) is 2. The van der Waals surface area contributed by atoms with Crippen molar-refractivity contribution in [2.24, 2.45) is 0 Å². The zero-order chi connectivity index (χ0) is 10.4. The van der Waals surface area contributed by atoms with E-state index in [2.05, 4.69) is 15.3 Å². The molecule has 0 aliphatic rings. The first-order chi connectivity index (χ1) is 6.74. The summed E-state index contributed by atoms with van der Waals surface area (Å²) in [4.78, 5) is 18.4. The van der Waals surface area contributed by atoms with Crippen LogP contribution in [-0.4, -0.2) is 27.9 Å². The second-order valence-corrected chi connectivity index (χ2v) is 3.99. The van der Waals surface area contributed by atoms with E-state index in [9.17, 15) is 4.79 Å². The minimum Gasteiger partial charge on any atom is -0.347 e. The number of nitrogens with one attached hydrogen (secondary N) is 2. The Hall–Kier alpha value is -0.970. The molecule has 0 saturated carbocycles. The summed E-state index contributed by atoms with van der Waals surface area (Å²) in [6.07, 6.45) is 5.98. The van der Waals surface area contributed by atoms with Crippen LogP contribution in [-0.2, 0) is 4.79 Å². The number of aromatic amines is 1. The second-order valence-electron chi connectivity index (χ2n) is 3.01. The van der Waals surface area contributed by atoms with Gasteiger partial charge in [0.2, 0.25) is 5.91 Å². The third-order valence-corrected chi connectivity index (χ3v) is 2.45. The van der Waals surface area contributed by atoms with Crippen molar-refractivity contribution in [3.8, 4) is 0 Å². The van der Waals surface area contributed by atoms with Crippen molar-refractivity contribution < 1.29 is 4.79 Å². The van der Waals surface area contributed by atoms with Gasteiger partial charge in [0, 0.05) is 24.6 Å². The van der Waals surface area contributed by atoms with E-state index in [0.29, 0.717) is 6.42 Å². The summed E-state index contributed by atoms with van der Waals surface area (Å²) in [7, 11) is 0. The van der Waals surface area contributed by atoms with Crippen LogP contribution in [0.2, 0.25) is 0 Å². The molecule has 1 unspecified atom stereocenters. The lowest BCUT2D eigenvalue weighted by atomic mass is 10.3. The maximum atomic E-state index is 11.3. The molecular weight excluding hydrogens is 198 g/mol. The van der Waals surface area contributed by atoms with Crippen molar-refractivity contribution in [2.45, 2.75) is 19.4 Å². The maximum absolute atomic E-state index is 11.3. The zero-order valence-corrected chi connectivity index (χ0v) is 9.23. The van der Waals surface area contributed by atoms with Crippen molar-refractivity contribution in [3.63, 3.8) is 0 Å². The largest absolute Gasteiger partial charge is 0.347 e. The van der Waals surface area contributed by atoms with Crippen LogP contribution >= 0.6 is 11.8 Å². The Morgan fingerprint density at radius 1 is 1.79 bits per heavy atom. The predicted octanol–water partition coefficient (Wildman–Crippen LogP) is 1.34. The highest BCUT2D eigenvalue weighted by Gasteiger charge is 2.10. The quantitative estimate of drug-likeness (QED) is 0.776. The first-order valence-electron chi connectivity index (χ1n) is 4.51. The van der Waals surface area contributed by atoms with Gasteiger partial charge in [-0.15, -0.1) is 0 Å². The van der Waals surface area contributed by atoms with Gasteiger partial charge in [-0.25, -0.2) is 4.98 Å². The van der Waals surface area contributed by atoms with Gasteiger partial charge in [-0.1, -0.05) is 0 Å². The first-order valence-corrected chi connectivity index (χ1v) is 5.91. The van der Waals surface area contributed by atoms with Crippen LogP contribution in [0, 0.1) is 0 Å². The van der Waals surface area contributed by atoms with Crippen molar-refractivity contribution in [3.05, 3.63) is 18.2 Å². The van der Waals surface area contributed by atoms with Gasteiger partial charge in [0.25, 0.3) is 0 Å². The number of carbonyl (C=O) groups excluding carboxylic acids is 1. The summed E-state index contributed by atoms with van der Waals surface area (Å²) in [5, 5.41) is 2.87. The molecular formula is C9H15N3OS. The molecule has 1 amide bonds. The Balaban J connectivity index is 2.33. The van der Waals surface area contributed by atoms with Gasteiger partial charge in [0.1, 0.15) is 5.82 Å². The van der Waals surface area contributed by atoms with E-state index >= 15 is 0 Å². The molecule has 0 bridgehead atoms. The molecule has 0 radical (unpaired) electrons. The fraction of sp³-hybridized carbons (Fsp3) is 0.556. The lowest BCUT2D eigenvalue weighted by Crippen LogP contribution is -2.27. The van der Waals surface area contributed by atoms with Crippen LogP contribution in [0.25, 0.3) is 0 Å². The lowest BCUT2D eigenvalue weighted by Gasteiger charge is -2.10. The summed E-state index contributed by atoms with van der Waals surface area (Å²) in [5.74, 6) is 1.72. The van der Waals surface area contributed by atoms with Crippen molar-refractivity contribution >= 4 is 17.7 Å². The standard InChI is InChI=1S/C9H15N3OS/c1-7(9-10-4-5-11-9)12-8(13)3-6-14-2/h4-5,7H,3,6H2,1-2H3,(H,10,11)(H,12,13). The summed E-state index contributed by atoms with van der Waals surface area (Å²) in [6, 6.07) is -0.0423. The average Bonchev–Trinajstić information content (AvgIpc) is 2.67. The Bertz CT molecular complexity index is 274. The van der Waals surface area contributed by atoms with Crippen LogP contribution in [0.15, 0.2) is 12.4 Å². The molecule has 1 aromatic rings. The minimum atomic E-state index is -0.0423. The van der Waals surface area contributed by atoms with Crippen molar-refractivity contribution in [2.75, 3.05) is 12.0 Å². The maximum Gasteiger partial charge on any atom is 0.221 e. The average molecular weight is 213 g/mol. The number of rotatable bonds is 5. The summed E-state index contributed by atoms with van der Waals surface area (Å²) in [6.45, 7) is 1.91. The molecule has 1 aromatic heterocycles. The fourth-order valence-electron chi connectivity index (χ4n) is 1.09. The van der Waals surface area contributed by atoms with E-state index in [-0.39, 0.29) is 11.9 Å². The predicted molar refractivity (Wildman–Crippen MR) is 58.1 cm³/mol. The first kappa shape index (κ1) is 11.1. The highest BCUT2D eigenvalue weighted by atomic mass is 32.2. The number of H-pyrrole nitrogens is 1. The number of thioether (sulfide) groups is 1. The number of nitrogens with zero attached hydrogens (tertiary/aromatic N) is 1. The van der Waals surface area contributed by atoms with E-state index in [1.807, 2.05) is 13.2 Å². The van der Waals surface area contributed by atoms with Crippen LogP contribution in [0.5, 0.6) is 0 Å². The Morgan fingerprint density at radius 3 is 3.14 bits per heavy atom. The number of amides is 1. The van der Waals surface area contributed by atoms with Crippen molar-refractivity contribution in [1.29, 1.82) is 0 Å². The Kier molecular flexibility index (Phi) is 4.52. The Morgan fingerprint density at radius 2 is 2.57 bits per heavy atom. The Labute approximate surface area is 87.9 Å². The molecule has 1 heterocycles. The molecule has 0 aliphatic carbocycles. The third-order valence-electron chi connectivity index (χ3n) is 1.84. The monoisotopic (exact) mass is 213 g/mol. The molecule has 5 heteroatoms. The fourth-order valence-corrected chi connectivity index (χ4v) is 1.48. The number of carbonyl (C=O) groups is 1. The lowest BCUT2D eigenvalue weighted by molar-refractivity contribution is -0.121. The second kappa shape index (κ2) is 5.70. The smallest absolute Gasteiger partial charge is 0.221 e. The molecule has 14 heavy (non-hydrogen) atoms. The van der Waals surface area contributed by atoms with Crippen LogP contribution in [0.1, 0.15) is 25.2 Å². The van der Waals surface area contributed by atoms with Crippen LogP contribution in [0.3, 0.4) is 0 Å². The summed E-state index contributed by atoms with van der Waals surface area (Å²) in [5.41, 5.74) is 0. The summed E-state index contributed by atoms with van der Waals surface area (Å²) < 4.78 is 0.